The van der Waals surface area contributed by atoms with Crippen molar-refractivity contribution in [2.75, 3.05) is 6.54 Å². The van der Waals surface area contributed by atoms with Gasteiger partial charge >= 0.3 is 0 Å². The molecule has 0 fully saturated rings. The zero-order valence-corrected chi connectivity index (χ0v) is 11.7. The summed E-state index contributed by atoms with van der Waals surface area (Å²) in [4.78, 5) is 0. The van der Waals surface area contributed by atoms with Gasteiger partial charge in [0.05, 0.1) is 0 Å². The van der Waals surface area contributed by atoms with Crippen LogP contribution in [-0.2, 0) is 6.42 Å². The molecular weight excluding hydrogens is 288 g/mol. The van der Waals surface area contributed by atoms with Gasteiger partial charge in [-0.2, -0.15) is 0 Å². The number of hydrogen-bond donors (Lipinski definition) is 1. The number of benzene rings is 1. The van der Waals surface area contributed by atoms with Crippen LogP contribution in [0.5, 0.6) is 0 Å². The summed E-state index contributed by atoms with van der Waals surface area (Å²) in [6, 6.07) is 4.69. The highest BCUT2D eigenvalue weighted by Crippen LogP contribution is 2.23. The highest BCUT2D eigenvalue weighted by molar-refractivity contribution is 9.10. The molecule has 2 N–H and O–H groups in total. The van der Waals surface area contributed by atoms with E-state index in [4.69, 9.17) is 5.73 Å². The zero-order valence-electron chi connectivity index (χ0n) is 10.1. The normalized spacial score (nSPS) is 15.0. The fourth-order valence-electron chi connectivity index (χ4n) is 1.89. The van der Waals surface area contributed by atoms with Gasteiger partial charge < -0.3 is 5.73 Å². The van der Waals surface area contributed by atoms with E-state index in [0.29, 0.717) is 10.0 Å². The number of rotatable bonds is 5. The molecule has 1 nitrogen and oxygen atoms in total. The molecule has 17 heavy (non-hydrogen) atoms. The van der Waals surface area contributed by atoms with Gasteiger partial charge in [0.2, 0.25) is 0 Å². The standard InChI is InChI=1S/C13H18BrF2N/c1-8(2)11(7-17)13(16)5-9-3-4-10(14)6-12(9)15/h3-4,6,8,11,13H,5,7,17H2,1-2H3. The predicted octanol–water partition coefficient (Wildman–Crippen LogP) is 3.70. The van der Waals surface area contributed by atoms with Crippen molar-refractivity contribution in [2.45, 2.75) is 26.4 Å². The Morgan fingerprint density at radius 1 is 1.35 bits per heavy atom. The number of halogens is 3. The Balaban J connectivity index is 2.76. The maximum Gasteiger partial charge on any atom is 0.127 e. The highest BCUT2D eigenvalue weighted by atomic mass is 79.9. The molecule has 0 radical (unpaired) electrons. The van der Waals surface area contributed by atoms with Crippen molar-refractivity contribution in [1.29, 1.82) is 0 Å². The minimum Gasteiger partial charge on any atom is -0.330 e. The second-order valence-electron chi connectivity index (χ2n) is 4.60. The van der Waals surface area contributed by atoms with Crippen LogP contribution in [0.15, 0.2) is 22.7 Å². The molecule has 2 unspecified atom stereocenters. The minimum atomic E-state index is -1.10. The van der Waals surface area contributed by atoms with Crippen LogP contribution in [0.1, 0.15) is 19.4 Å². The summed E-state index contributed by atoms with van der Waals surface area (Å²) in [5.41, 5.74) is 5.95. The molecule has 0 aromatic heterocycles. The van der Waals surface area contributed by atoms with Crippen LogP contribution in [-0.4, -0.2) is 12.7 Å². The monoisotopic (exact) mass is 305 g/mol. The summed E-state index contributed by atoms with van der Waals surface area (Å²) in [5.74, 6) is -0.437. The summed E-state index contributed by atoms with van der Waals surface area (Å²) in [7, 11) is 0. The van der Waals surface area contributed by atoms with Crippen LogP contribution in [0.25, 0.3) is 0 Å². The van der Waals surface area contributed by atoms with E-state index in [2.05, 4.69) is 15.9 Å². The molecule has 0 heterocycles. The van der Waals surface area contributed by atoms with E-state index in [1.807, 2.05) is 13.8 Å². The second-order valence-corrected chi connectivity index (χ2v) is 5.52. The second kappa shape index (κ2) is 6.45. The van der Waals surface area contributed by atoms with Crippen LogP contribution in [0.4, 0.5) is 8.78 Å². The van der Waals surface area contributed by atoms with Gasteiger partial charge in [0.1, 0.15) is 12.0 Å². The average molecular weight is 306 g/mol. The molecule has 0 saturated carbocycles. The SMILES string of the molecule is CC(C)C(CN)C(F)Cc1ccc(Br)cc1F. The van der Waals surface area contributed by atoms with E-state index in [9.17, 15) is 8.78 Å². The van der Waals surface area contributed by atoms with Crippen molar-refractivity contribution < 1.29 is 8.78 Å². The summed E-state index contributed by atoms with van der Waals surface area (Å²) < 4.78 is 28.2. The predicted molar refractivity (Wildman–Crippen MR) is 70.1 cm³/mol. The largest absolute Gasteiger partial charge is 0.330 e. The highest BCUT2D eigenvalue weighted by Gasteiger charge is 2.24. The molecule has 0 saturated heterocycles. The zero-order chi connectivity index (χ0) is 13.0. The maximum absolute atomic E-state index is 14.0. The molecule has 0 aliphatic carbocycles. The maximum atomic E-state index is 14.0. The van der Waals surface area contributed by atoms with Crippen molar-refractivity contribution in [3.8, 4) is 0 Å². The summed E-state index contributed by atoms with van der Waals surface area (Å²) in [6.07, 6.45) is -1.02. The lowest BCUT2D eigenvalue weighted by Crippen LogP contribution is -2.31. The lowest BCUT2D eigenvalue weighted by atomic mass is 9.88. The van der Waals surface area contributed by atoms with Gasteiger partial charge in [0.15, 0.2) is 0 Å². The van der Waals surface area contributed by atoms with E-state index in [0.717, 1.165) is 0 Å². The minimum absolute atomic E-state index is 0.0825. The van der Waals surface area contributed by atoms with Gasteiger partial charge in [0, 0.05) is 16.8 Å². The van der Waals surface area contributed by atoms with Gasteiger partial charge in [0.25, 0.3) is 0 Å². The summed E-state index contributed by atoms with van der Waals surface area (Å²) in [5, 5.41) is 0. The van der Waals surface area contributed by atoms with Gasteiger partial charge in [-0.3, -0.25) is 0 Å². The quantitative estimate of drug-likeness (QED) is 0.882. The number of alkyl halides is 1. The first-order chi connectivity index (χ1) is 7.95. The molecule has 0 aliphatic heterocycles. The Hall–Kier alpha value is -0.480. The number of hydrogen-bond acceptors (Lipinski definition) is 1. The molecule has 1 rings (SSSR count). The van der Waals surface area contributed by atoms with Crippen LogP contribution in [0.2, 0.25) is 0 Å². The summed E-state index contributed by atoms with van der Waals surface area (Å²) >= 11 is 3.17. The smallest absolute Gasteiger partial charge is 0.127 e. The lowest BCUT2D eigenvalue weighted by molar-refractivity contribution is 0.184. The fourth-order valence-corrected chi connectivity index (χ4v) is 2.22. The lowest BCUT2D eigenvalue weighted by Gasteiger charge is -2.23. The Kier molecular flexibility index (Phi) is 5.53. The molecule has 0 amide bonds. The van der Waals surface area contributed by atoms with Crippen LogP contribution in [0.3, 0.4) is 0 Å². The first-order valence-corrected chi connectivity index (χ1v) is 6.53. The van der Waals surface area contributed by atoms with Gasteiger partial charge in [-0.1, -0.05) is 35.8 Å². The third-order valence-electron chi connectivity index (χ3n) is 3.02. The fraction of sp³-hybridized carbons (Fsp3) is 0.538. The third kappa shape index (κ3) is 4.03. The van der Waals surface area contributed by atoms with Crippen LogP contribution >= 0.6 is 15.9 Å². The third-order valence-corrected chi connectivity index (χ3v) is 3.52. The summed E-state index contributed by atoms with van der Waals surface area (Å²) in [6.45, 7) is 4.15. The molecular formula is C13H18BrF2N. The van der Waals surface area contributed by atoms with Crippen molar-refractivity contribution in [2.24, 2.45) is 17.6 Å². The molecule has 1 aromatic carbocycles. The van der Waals surface area contributed by atoms with E-state index >= 15 is 0 Å². The number of nitrogens with two attached hydrogens (primary N) is 1. The molecule has 0 spiro atoms. The van der Waals surface area contributed by atoms with E-state index in [1.54, 1.807) is 12.1 Å². The average Bonchev–Trinajstić information content (AvgIpc) is 2.22. The Morgan fingerprint density at radius 3 is 2.47 bits per heavy atom. The van der Waals surface area contributed by atoms with Crippen LogP contribution in [0, 0.1) is 17.7 Å². The molecule has 0 aliphatic rings. The molecule has 4 heteroatoms. The van der Waals surface area contributed by atoms with Crippen molar-refractivity contribution in [3.63, 3.8) is 0 Å². The van der Waals surface area contributed by atoms with Crippen molar-refractivity contribution in [3.05, 3.63) is 34.1 Å². The Labute approximate surface area is 110 Å². The molecule has 1 aromatic rings. The molecule has 2 atom stereocenters. The van der Waals surface area contributed by atoms with Crippen LogP contribution < -0.4 is 5.73 Å². The van der Waals surface area contributed by atoms with Gasteiger partial charge in [-0.25, -0.2) is 8.78 Å². The Morgan fingerprint density at radius 2 is 2.00 bits per heavy atom. The topological polar surface area (TPSA) is 26.0 Å². The van der Waals surface area contributed by atoms with Gasteiger partial charge in [-0.05, 0) is 30.2 Å². The van der Waals surface area contributed by atoms with Crippen molar-refractivity contribution in [1.82, 2.24) is 0 Å². The van der Waals surface area contributed by atoms with Gasteiger partial charge in [-0.15, -0.1) is 0 Å². The molecule has 0 bridgehead atoms. The first-order valence-electron chi connectivity index (χ1n) is 5.73. The first kappa shape index (κ1) is 14.6. The van der Waals surface area contributed by atoms with E-state index < -0.39 is 6.17 Å². The van der Waals surface area contributed by atoms with E-state index in [1.165, 1.54) is 6.07 Å². The van der Waals surface area contributed by atoms with Crippen molar-refractivity contribution >= 4 is 15.9 Å². The Bertz CT molecular complexity index is 368. The van der Waals surface area contributed by atoms with E-state index in [-0.39, 0.29) is 30.6 Å². The molecule has 96 valence electrons.